The van der Waals surface area contributed by atoms with Gasteiger partial charge in [0.25, 0.3) is 0 Å². The van der Waals surface area contributed by atoms with Gasteiger partial charge >= 0.3 is 0 Å². The van der Waals surface area contributed by atoms with Crippen LogP contribution >= 0.6 is 0 Å². The average Bonchev–Trinajstić information content (AvgIpc) is 2.13. The van der Waals surface area contributed by atoms with Gasteiger partial charge in [-0.15, -0.1) is 0 Å². The smallest absolute Gasteiger partial charge is 0.00965 e. The zero-order valence-corrected chi connectivity index (χ0v) is 10.5. The topological polar surface area (TPSA) is 41.3 Å². The highest BCUT2D eigenvalue weighted by molar-refractivity contribution is 4.87. The van der Waals surface area contributed by atoms with E-state index >= 15 is 0 Å². The second-order valence-corrected chi connectivity index (χ2v) is 5.16. The van der Waals surface area contributed by atoms with Gasteiger partial charge in [-0.3, -0.25) is 0 Å². The van der Waals surface area contributed by atoms with Gasteiger partial charge < -0.3 is 16.0 Å². The lowest BCUT2D eigenvalue weighted by atomic mass is 9.87. The van der Waals surface area contributed by atoms with Crippen molar-refractivity contribution in [1.29, 1.82) is 0 Å². The third kappa shape index (κ3) is 4.96. The Morgan fingerprint density at radius 1 is 1.33 bits per heavy atom. The van der Waals surface area contributed by atoms with Crippen LogP contribution in [0.2, 0.25) is 0 Å². The van der Waals surface area contributed by atoms with E-state index in [1.807, 2.05) is 0 Å². The van der Waals surface area contributed by atoms with Crippen molar-refractivity contribution in [3.63, 3.8) is 0 Å². The van der Waals surface area contributed by atoms with E-state index in [1.54, 1.807) is 0 Å². The van der Waals surface area contributed by atoms with Gasteiger partial charge in [-0.05, 0) is 59.7 Å². The molecule has 3 nitrogen and oxygen atoms in total. The summed E-state index contributed by atoms with van der Waals surface area (Å²) in [4.78, 5) is 2.40. The standard InChI is InChI=1S/C12H27N3/c1-10(2)15(3)7-5-4-6-14-12-8-11(13)9-12/h10-12,14H,4-9,13H2,1-3H3. The lowest BCUT2D eigenvalue weighted by Gasteiger charge is -2.33. The summed E-state index contributed by atoms with van der Waals surface area (Å²) >= 11 is 0. The van der Waals surface area contributed by atoms with Crippen LogP contribution in [0.5, 0.6) is 0 Å². The van der Waals surface area contributed by atoms with Crippen LogP contribution < -0.4 is 11.1 Å². The van der Waals surface area contributed by atoms with E-state index in [0.717, 1.165) is 6.54 Å². The fraction of sp³-hybridized carbons (Fsp3) is 1.00. The van der Waals surface area contributed by atoms with E-state index in [4.69, 9.17) is 5.73 Å². The number of rotatable bonds is 7. The molecule has 1 rings (SSSR count). The molecule has 0 aromatic rings. The van der Waals surface area contributed by atoms with Crippen molar-refractivity contribution in [1.82, 2.24) is 10.2 Å². The first kappa shape index (κ1) is 12.9. The summed E-state index contributed by atoms with van der Waals surface area (Å²) in [5, 5.41) is 3.55. The molecule has 3 N–H and O–H groups in total. The van der Waals surface area contributed by atoms with Crippen LogP contribution in [0.1, 0.15) is 39.5 Å². The van der Waals surface area contributed by atoms with Gasteiger partial charge in [0.2, 0.25) is 0 Å². The molecule has 1 saturated carbocycles. The highest BCUT2D eigenvalue weighted by atomic mass is 15.1. The second kappa shape index (κ2) is 6.46. The van der Waals surface area contributed by atoms with Crippen molar-refractivity contribution in [2.24, 2.45) is 5.73 Å². The molecule has 0 bridgehead atoms. The van der Waals surface area contributed by atoms with Crippen molar-refractivity contribution >= 4 is 0 Å². The molecule has 0 radical (unpaired) electrons. The summed E-state index contributed by atoms with van der Waals surface area (Å²) in [5.41, 5.74) is 5.73. The fourth-order valence-electron chi connectivity index (χ4n) is 1.88. The summed E-state index contributed by atoms with van der Waals surface area (Å²) in [7, 11) is 2.20. The maximum Gasteiger partial charge on any atom is 0.00965 e. The SMILES string of the molecule is CC(C)N(C)CCCCNC1CC(N)C1. The Labute approximate surface area is 94.4 Å². The van der Waals surface area contributed by atoms with Crippen LogP contribution in [-0.2, 0) is 0 Å². The van der Waals surface area contributed by atoms with Crippen molar-refractivity contribution in [2.75, 3.05) is 20.1 Å². The molecule has 0 aromatic carbocycles. The Kier molecular flexibility index (Phi) is 5.58. The lowest BCUT2D eigenvalue weighted by molar-refractivity contribution is 0.260. The van der Waals surface area contributed by atoms with Crippen LogP contribution in [0.3, 0.4) is 0 Å². The summed E-state index contributed by atoms with van der Waals surface area (Å²) < 4.78 is 0. The Balaban J connectivity index is 1.85. The van der Waals surface area contributed by atoms with Crippen molar-refractivity contribution < 1.29 is 0 Å². The van der Waals surface area contributed by atoms with E-state index in [1.165, 1.54) is 32.2 Å². The first-order chi connectivity index (χ1) is 7.09. The first-order valence-corrected chi connectivity index (χ1v) is 6.28. The third-order valence-electron chi connectivity index (χ3n) is 3.43. The molecule has 0 aliphatic heterocycles. The van der Waals surface area contributed by atoms with Crippen molar-refractivity contribution in [3.8, 4) is 0 Å². The molecule has 0 saturated heterocycles. The first-order valence-electron chi connectivity index (χ1n) is 6.28. The molecule has 0 spiro atoms. The normalized spacial score (nSPS) is 26.0. The van der Waals surface area contributed by atoms with Gasteiger partial charge in [0.1, 0.15) is 0 Å². The zero-order valence-electron chi connectivity index (χ0n) is 10.5. The fourth-order valence-corrected chi connectivity index (χ4v) is 1.88. The van der Waals surface area contributed by atoms with Gasteiger partial charge in [-0.1, -0.05) is 0 Å². The number of unbranched alkanes of at least 4 members (excludes halogenated alkanes) is 1. The van der Waals surface area contributed by atoms with Crippen LogP contribution in [0.4, 0.5) is 0 Å². The predicted octanol–water partition coefficient (Wildman–Crippen LogP) is 1.19. The molecular formula is C12H27N3. The Hall–Kier alpha value is -0.120. The molecule has 0 unspecified atom stereocenters. The van der Waals surface area contributed by atoms with Crippen LogP contribution in [0, 0.1) is 0 Å². The lowest BCUT2D eigenvalue weighted by Crippen LogP contribution is -2.48. The molecule has 1 aliphatic carbocycles. The molecule has 1 fully saturated rings. The highest BCUT2D eigenvalue weighted by Crippen LogP contribution is 2.17. The maximum absolute atomic E-state index is 5.73. The summed E-state index contributed by atoms with van der Waals surface area (Å²) in [6, 6.07) is 1.85. The Morgan fingerprint density at radius 3 is 2.53 bits per heavy atom. The van der Waals surface area contributed by atoms with Gasteiger partial charge in [0.15, 0.2) is 0 Å². The van der Waals surface area contributed by atoms with E-state index in [2.05, 4.69) is 31.1 Å². The van der Waals surface area contributed by atoms with Crippen molar-refractivity contribution in [2.45, 2.75) is 57.7 Å². The number of nitrogens with two attached hydrogens (primary N) is 1. The minimum Gasteiger partial charge on any atom is -0.328 e. The average molecular weight is 213 g/mol. The minimum absolute atomic E-state index is 0.467. The van der Waals surface area contributed by atoms with E-state index in [0.29, 0.717) is 18.1 Å². The van der Waals surface area contributed by atoms with E-state index in [-0.39, 0.29) is 0 Å². The van der Waals surface area contributed by atoms with E-state index in [9.17, 15) is 0 Å². The summed E-state index contributed by atoms with van der Waals surface area (Å²) in [6.07, 6.45) is 4.92. The quantitative estimate of drug-likeness (QED) is 0.624. The van der Waals surface area contributed by atoms with Gasteiger partial charge in [-0.25, -0.2) is 0 Å². The largest absolute Gasteiger partial charge is 0.328 e. The predicted molar refractivity (Wildman–Crippen MR) is 66.0 cm³/mol. The molecule has 0 heterocycles. The molecule has 0 amide bonds. The van der Waals surface area contributed by atoms with Gasteiger partial charge in [-0.2, -0.15) is 0 Å². The van der Waals surface area contributed by atoms with Crippen molar-refractivity contribution in [3.05, 3.63) is 0 Å². The van der Waals surface area contributed by atoms with Crippen LogP contribution in [0.15, 0.2) is 0 Å². The number of nitrogens with zero attached hydrogens (tertiary/aromatic N) is 1. The molecule has 90 valence electrons. The number of hydrogen-bond donors (Lipinski definition) is 2. The number of nitrogens with one attached hydrogen (secondary N) is 1. The Morgan fingerprint density at radius 2 is 2.00 bits per heavy atom. The summed E-state index contributed by atoms with van der Waals surface area (Å²) in [6.45, 7) is 6.86. The van der Waals surface area contributed by atoms with Crippen LogP contribution in [0.25, 0.3) is 0 Å². The molecule has 0 atom stereocenters. The molecular weight excluding hydrogens is 186 g/mol. The third-order valence-corrected chi connectivity index (χ3v) is 3.43. The second-order valence-electron chi connectivity index (χ2n) is 5.16. The molecule has 15 heavy (non-hydrogen) atoms. The molecule has 3 heteroatoms. The Bertz CT molecular complexity index is 164. The summed E-state index contributed by atoms with van der Waals surface area (Å²) in [5.74, 6) is 0. The zero-order chi connectivity index (χ0) is 11.3. The monoisotopic (exact) mass is 213 g/mol. The molecule has 1 aliphatic rings. The maximum atomic E-state index is 5.73. The number of hydrogen-bond acceptors (Lipinski definition) is 3. The van der Waals surface area contributed by atoms with Gasteiger partial charge in [0.05, 0.1) is 0 Å². The van der Waals surface area contributed by atoms with Crippen LogP contribution in [-0.4, -0.2) is 43.2 Å². The van der Waals surface area contributed by atoms with Gasteiger partial charge in [0, 0.05) is 18.1 Å². The highest BCUT2D eigenvalue weighted by Gasteiger charge is 2.24. The molecule has 0 aromatic heterocycles. The van der Waals surface area contributed by atoms with E-state index < -0.39 is 0 Å². The minimum atomic E-state index is 0.467.